The first-order chi connectivity index (χ1) is 30.8. The number of hydrogen-bond acceptors (Lipinski definition) is 3. The van der Waals surface area contributed by atoms with Crippen LogP contribution in [0, 0.1) is 24.8 Å². The molecule has 8 nitrogen and oxygen atoms in total. The summed E-state index contributed by atoms with van der Waals surface area (Å²) in [5.74, 6) is -1.37. The fourth-order valence-electron chi connectivity index (χ4n) is 6.96. The van der Waals surface area contributed by atoms with Crippen molar-refractivity contribution < 1.29 is 42.4 Å². The predicted octanol–water partition coefficient (Wildman–Crippen LogP) is 9.98. The molecule has 0 bridgehead atoms. The Morgan fingerprint density at radius 2 is 0.922 bits per heavy atom. The number of nitrogens with zero attached hydrogens (tertiary/aromatic N) is 8. The maximum absolute atomic E-state index is 12.1. The Bertz CT molecular complexity index is 2820. The summed E-state index contributed by atoms with van der Waals surface area (Å²) < 4.78 is 44.7. The largest absolute Gasteiger partial charge is 0.429 e. The van der Waals surface area contributed by atoms with Crippen LogP contribution in [0.5, 0.6) is 0 Å². The van der Waals surface area contributed by atoms with Gasteiger partial charge in [0.15, 0.2) is 0 Å². The van der Waals surface area contributed by atoms with Gasteiger partial charge in [0.25, 0.3) is 0 Å². The Kier molecular flexibility index (Phi) is 14.3. The molecule has 0 N–H and O–H groups in total. The maximum atomic E-state index is 12.1. The fraction of sp³-hybridized carbons (Fsp3) is 0.0577. The van der Waals surface area contributed by atoms with Crippen LogP contribution in [0.4, 0.5) is 13.2 Å². The minimum Gasteiger partial charge on any atom is -0.413 e. The second-order valence-electron chi connectivity index (χ2n) is 14.0. The Labute approximate surface area is 383 Å². The Morgan fingerprint density at radius 1 is 0.516 bits per heavy atom. The molecule has 10 rings (SSSR count). The van der Waals surface area contributed by atoms with Crippen LogP contribution in [0.25, 0.3) is 67.9 Å². The second-order valence-corrected chi connectivity index (χ2v) is 14.0. The number of alkyl halides is 3. The van der Waals surface area contributed by atoms with Gasteiger partial charge in [-0.2, -0.15) is 73.8 Å². The van der Waals surface area contributed by atoms with Gasteiger partial charge >= 0.3 is 6.18 Å². The van der Waals surface area contributed by atoms with E-state index in [1.165, 1.54) is 23.4 Å². The van der Waals surface area contributed by atoms with Crippen molar-refractivity contribution in [3.63, 3.8) is 0 Å². The third kappa shape index (κ3) is 10.2. The molecule has 6 aromatic carbocycles. The van der Waals surface area contributed by atoms with Crippen LogP contribution in [0.15, 0.2) is 194 Å². The van der Waals surface area contributed by atoms with Crippen molar-refractivity contribution >= 4 is 0 Å². The molecule has 0 spiro atoms. The summed E-state index contributed by atoms with van der Waals surface area (Å²) in [5, 5.41) is 6.25. The molecular weight excluding hydrogens is 986 g/mol. The van der Waals surface area contributed by atoms with Crippen LogP contribution < -0.4 is 14.2 Å². The zero-order valence-electron chi connectivity index (χ0n) is 34.5. The summed E-state index contributed by atoms with van der Waals surface area (Å²) in [6, 6.07) is 69.1. The summed E-state index contributed by atoms with van der Waals surface area (Å²) in [4.78, 5) is 7.05. The van der Waals surface area contributed by atoms with Crippen molar-refractivity contribution in [1.82, 2.24) is 29.3 Å². The smallest absolute Gasteiger partial charge is 0.413 e. The first-order valence-corrected chi connectivity index (χ1v) is 19.9. The van der Waals surface area contributed by atoms with Crippen molar-refractivity contribution in [3.05, 3.63) is 225 Å². The van der Waals surface area contributed by atoms with Crippen molar-refractivity contribution in [3.8, 4) is 67.9 Å². The molecular formula is C52H38F3IrN8-3. The van der Waals surface area contributed by atoms with Gasteiger partial charge in [0.1, 0.15) is 5.82 Å². The normalized spacial score (nSPS) is 10.8. The Hall–Kier alpha value is -7.53. The van der Waals surface area contributed by atoms with Gasteiger partial charge in [-0.15, -0.1) is 0 Å². The molecule has 0 aliphatic carbocycles. The molecule has 0 saturated carbocycles. The summed E-state index contributed by atoms with van der Waals surface area (Å²) in [5.41, 5.74) is 11.4. The summed E-state index contributed by atoms with van der Waals surface area (Å²) in [6.45, 7) is 0. The van der Waals surface area contributed by atoms with E-state index in [9.17, 15) is 13.2 Å². The van der Waals surface area contributed by atoms with Gasteiger partial charge in [-0.25, -0.2) is 0 Å². The van der Waals surface area contributed by atoms with Crippen molar-refractivity contribution in [2.75, 3.05) is 0 Å². The molecule has 4 heterocycles. The third-order valence-corrected chi connectivity index (χ3v) is 9.72. The van der Waals surface area contributed by atoms with E-state index in [0.717, 1.165) is 45.3 Å². The molecule has 0 fully saturated rings. The molecule has 0 aliphatic heterocycles. The molecule has 1 radical (unpaired) electrons. The average Bonchev–Trinajstić information content (AvgIpc) is 4.08. The Balaban J connectivity index is 0.000000147. The van der Waals surface area contributed by atoms with Crippen LogP contribution in [-0.4, -0.2) is 24.2 Å². The fourth-order valence-corrected chi connectivity index (χ4v) is 6.96. The van der Waals surface area contributed by atoms with Gasteiger partial charge in [-0.3, -0.25) is 10.1 Å². The molecule has 64 heavy (non-hydrogen) atoms. The number of pyridine rings is 1. The van der Waals surface area contributed by atoms with Gasteiger partial charge < -0.3 is 28.4 Å². The van der Waals surface area contributed by atoms with Gasteiger partial charge in [0.2, 0.25) is 12.7 Å². The van der Waals surface area contributed by atoms with E-state index in [2.05, 4.69) is 172 Å². The number of rotatable bonds is 7. The van der Waals surface area contributed by atoms with Crippen LogP contribution >= 0.6 is 0 Å². The topological polar surface area (TPSA) is 70.4 Å². The number of aromatic nitrogens is 8. The zero-order chi connectivity index (χ0) is 43.6. The van der Waals surface area contributed by atoms with Crippen molar-refractivity contribution in [1.29, 1.82) is 0 Å². The second kappa shape index (κ2) is 20.6. The molecule has 0 aliphatic rings. The van der Waals surface area contributed by atoms with Crippen LogP contribution in [0.1, 0.15) is 5.82 Å². The van der Waals surface area contributed by atoms with Crippen molar-refractivity contribution in [2.24, 2.45) is 14.1 Å². The van der Waals surface area contributed by atoms with E-state index >= 15 is 0 Å². The average molecular weight is 1020 g/mol. The summed E-state index contributed by atoms with van der Waals surface area (Å²) in [6.07, 6.45) is 3.73. The maximum Gasteiger partial charge on any atom is 0.429 e. The SMILES string of the molecule is C[n+]1[c-]n(-c2[c-]cccc2)c(-c2ccccc2)c1-c1ccccc1.C[n+]1[c-]n(-c2[c-]cccc2)c(-c2ccccc2)c1-c1ccccc1.FC(F)(F)c1n[n-]c(-c2ccccn2)n1.[Ir]. The monoisotopic (exact) mass is 1020 g/mol. The van der Waals surface area contributed by atoms with Crippen LogP contribution in [-0.2, 0) is 40.4 Å². The first-order valence-electron chi connectivity index (χ1n) is 19.9. The number of para-hydroxylation sites is 2. The zero-order valence-corrected chi connectivity index (χ0v) is 36.9. The van der Waals surface area contributed by atoms with Gasteiger partial charge in [0, 0.05) is 26.3 Å². The number of halogens is 3. The molecule has 4 aromatic heterocycles. The number of benzene rings is 6. The minimum absolute atomic E-state index is 0. The standard InChI is InChI=1S/2C22H17N2.C8H4F3N4.Ir/c2*1-23-17-24(20-15-9-4-10-16-20)22(19-13-7-3-8-14-19)21(23)18-11-5-2-6-12-18;9-8(10,11)7-13-6(14-15-7)5-3-1-2-4-12-5;/h2*2-15H,1H3;1-4H;/q3*-1;. The van der Waals surface area contributed by atoms with E-state index in [4.69, 9.17) is 0 Å². The molecule has 0 amide bonds. The van der Waals surface area contributed by atoms with Gasteiger partial charge in [0.05, 0.1) is 42.6 Å². The van der Waals surface area contributed by atoms with E-state index < -0.39 is 12.0 Å². The van der Waals surface area contributed by atoms with E-state index in [0.29, 0.717) is 0 Å². The molecule has 0 atom stereocenters. The van der Waals surface area contributed by atoms with Crippen LogP contribution in [0.3, 0.4) is 0 Å². The minimum atomic E-state index is -4.57. The van der Waals surface area contributed by atoms with E-state index in [-0.39, 0.29) is 31.6 Å². The first kappa shape index (κ1) is 44.5. The number of imidazole rings is 2. The van der Waals surface area contributed by atoms with Crippen LogP contribution in [0.2, 0.25) is 0 Å². The Morgan fingerprint density at radius 3 is 1.28 bits per heavy atom. The molecule has 12 heteroatoms. The third-order valence-electron chi connectivity index (χ3n) is 9.72. The van der Waals surface area contributed by atoms with Gasteiger partial charge in [-0.1, -0.05) is 139 Å². The summed E-state index contributed by atoms with van der Waals surface area (Å²) in [7, 11) is 4.07. The number of hydrogen-bond donors (Lipinski definition) is 0. The van der Waals surface area contributed by atoms with E-state index in [1.807, 2.05) is 74.8 Å². The molecule has 0 saturated heterocycles. The molecule has 0 unspecified atom stereocenters. The number of aryl methyl sites for hydroxylation is 2. The van der Waals surface area contributed by atoms with Crippen molar-refractivity contribution in [2.45, 2.75) is 6.18 Å². The predicted molar refractivity (Wildman–Crippen MR) is 235 cm³/mol. The van der Waals surface area contributed by atoms with Gasteiger partial charge in [-0.05, 0) is 40.2 Å². The van der Waals surface area contributed by atoms with E-state index in [1.54, 1.807) is 12.1 Å². The quantitative estimate of drug-likeness (QED) is 0.118. The molecule has 319 valence electrons. The molecule has 10 aromatic rings. The summed E-state index contributed by atoms with van der Waals surface area (Å²) >= 11 is 0.